The van der Waals surface area contributed by atoms with Crippen LogP contribution in [0.3, 0.4) is 0 Å². The summed E-state index contributed by atoms with van der Waals surface area (Å²) in [5.74, 6) is -0.0240. The highest BCUT2D eigenvalue weighted by Crippen LogP contribution is 2.12. The molecule has 0 aliphatic heterocycles. The normalized spacial score (nSPS) is 11.0. The van der Waals surface area contributed by atoms with Gasteiger partial charge in [0.25, 0.3) is 0 Å². The Morgan fingerprint density at radius 3 is 0.943 bits per heavy atom. The van der Waals surface area contributed by atoms with Crippen molar-refractivity contribution in [3.63, 3.8) is 0 Å². The van der Waals surface area contributed by atoms with Crippen LogP contribution < -0.4 is 0 Å². The van der Waals surface area contributed by atoms with E-state index in [4.69, 9.17) is 9.47 Å². The number of unbranched alkanes of at least 4 members (excludes halogenated alkanes) is 20. The maximum atomic E-state index is 11.7. The molecule has 0 spiro atoms. The van der Waals surface area contributed by atoms with Crippen molar-refractivity contribution >= 4 is 11.9 Å². The minimum absolute atomic E-state index is 0.0120. The van der Waals surface area contributed by atoms with E-state index in [1.54, 1.807) is 0 Å². The molecular weight excluding hydrogens is 436 g/mol. The minimum atomic E-state index is -0.0120. The Morgan fingerprint density at radius 2 is 0.629 bits per heavy atom. The van der Waals surface area contributed by atoms with Crippen molar-refractivity contribution in [1.29, 1.82) is 0 Å². The molecule has 0 saturated carbocycles. The molecule has 208 valence electrons. The Labute approximate surface area is 218 Å². The molecule has 0 aliphatic carbocycles. The van der Waals surface area contributed by atoms with Gasteiger partial charge in [-0.1, -0.05) is 136 Å². The van der Waals surface area contributed by atoms with E-state index in [2.05, 4.69) is 13.8 Å². The second-order valence-corrected chi connectivity index (χ2v) is 10.4. The Kier molecular flexibility index (Phi) is 28.3. The number of rotatable bonds is 28. The molecule has 0 atom stereocenters. The number of esters is 2. The van der Waals surface area contributed by atoms with Crippen molar-refractivity contribution in [2.75, 3.05) is 13.2 Å². The van der Waals surface area contributed by atoms with Crippen molar-refractivity contribution in [1.82, 2.24) is 0 Å². The molecule has 0 rings (SSSR count). The summed E-state index contributed by atoms with van der Waals surface area (Å²) in [6.07, 6.45) is 29.0. The summed E-state index contributed by atoms with van der Waals surface area (Å²) in [6.45, 7) is 5.65. The third-order valence-electron chi connectivity index (χ3n) is 6.78. The number of carbonyl (C=O) groups is 2. The van der Waals surface area contributed by atoms with E-state index in [9.17, 15) is 9.59 Å². The van der Waals surface area contributed by atoms with Crippen molar-refractivity contribution in [3.05, 3.63) is 0 Å². The van der Waals surface area contributed by atoms with Gasteiger partial charge in [0, 0.05) is 12.8 Å². The summed E-state index contributed by atoms with van der Waals surface area (Å²) >= 11 is 0. The molecule has 0 saturated heterocycles. The zero-order chi connectivity index (χ0) is 25.7. The number of ether oxygens (including phenoxy) is 2. The monoisotopic (exact) mass is 496 g/mol. The van der Waals surface area contributed by atoms with Gasteiger partial charge in [-0.2, -0.15) is 0 Å². The topological polar surface area (TPSA) is 52.6 Å². The molecule has 0 aliphatic rings. The summed E-state index contributed by atoms with van der Waals surface area (Å²) in [7, 11) is 0. The summed E-state index contributed by atoms with van der Waals surface area (Å²) in [5, 5.41) is 0. The van der Waals surface area contributed by atoms with E-state index in [1.165, 1.54) is 96.3 Å². The zero-order valence-electron chi connectivity index (χ0n) is 23.7. The largest absolute Gasteiger partial charge is 0.466 e. The van der Waals surface area contributed by atoms with Crippen LogP contribution in [0.2, 0.25) is 0 Å². The lowest BCUT2D eigenvalue weighted by atomic mass is 10.1. The lowest BCUT2D eigenvalue weighted by molar-refractivity contribution is -0.144. The molecule has 0 aromatic rings. The average molecular weight is 497 g/mol. The Hall–Kier alpha value is -1.06. The minimum Gasteiger partial charge on any atom is -0.466 e. The molecule has 4 heteroatoms. The first-order chi connectivity index (χ1) is 17.2. The van der Waals surface area contributed by atoms with Gasteiger partial charge in [0.1, 0.15) is 0 Å². The fourth-order valence-corrected chi connectivity index (χ4v) is 4.41. The van der Waals surface area contributed by atoms with Gasteiger partial charge in [0.2, 0.25) is 0 Å². The molecule has 0 N–H and O–H groups in total. The smallest absolute Gasteiger partial charge is 0.305 e. The molecule has 0 radical (unpaired) electrons. The van der Waals surface area contributed by atoms with Gasteiger partial charge in [-0.05, 0) is 25.7 Å². The molecule has 35 heavy (non-hydrogen) atoms. The van der Waals surface area contributed by atoms with Gasteiger partial charge in [-0.25, -0.2) is 0 Å². The predicted molar refractivity (Wildman–Crippen MR) is 149 cm³/mol. The maximum absolute atomic E-state index is 11.7. The van der Waals surface area contributed by atoms with Gasteiger partial charge in [-0.3, -0.25) is 9.59 Å². The highest BCUT2D eigenvalue weighted by molar-refractivity contribution is 5.69. The predicted octanol–water partition coefficient (Wildman–Crippen LogP) is 9.87. The van der Waals surface area contributed by atoms with Crippen LogP contribution in [-0.2, 0) is 19.1 Å². The number of carbonyl (C=O) groups excluding carboxylic acids is 2. The van der Waals surface area contributed by atoms with Crippen LogP contribution >= 0.6 is 0 Å². The molecule has 0 bridgehead atoms. The van der Waals surface area contributed by atoms with Crippen LogP contribution in [-0.4, -0.2) is 25.2 Å². The zero-order valence-corrected chi connectivity index (χ0v) is 23.7. The maximum Gasteiger partial charge on any atom is 0.305 e. The lowest BCUT2D eigenvalue weighted by Crippen LogP contribution is -2.05. The van der Waals surface area contributed by atoms with Crippen molar-refractivity contribution in [2.45, 2.75) is 174 Å². The molecule has 0 heterocycles. The molecule has 0 aromatic heterocycles. The second-order valence-electron chi connectivity index (χ2n) is 10.4. The summed E-state index contributed by atoms with van der Waals surface area (Å²) < 4.78 is 10.7. The standard InChI is InChI=1S/C31H60O4/c1-3-5-7-9-14-18-22-26-30(32)34-28-24-20-16-12-11-13-17-21-25-29-35-31(33)27-23-19-15-10-8-6-4-2/h3-29H2,1-2H3. The SMILES string of the molecule is CCCCCCCCCC(=O)OCCCCCCCCCCCOC(=O)CCCCCCCCC. The van der Waals surface area contributed by atoms with E-state index in [0.717, 1.165) is 51.4 Å². The Bertz CT molecular complexity index is 409. The summed E-state index contributed by atoms with van der Waals surface area (Å²) in [4.78, 5) is 23.5. The average Bonchev–Trinajstić information content (AvgIpc) is 2.85. The van der Waals surface area contributed by atoms with Crippen LogP contribution in [0.25, 0.3) is 0 Å². The molecule has 0 amide bonds. The van der Waals surface area contributed by atoms with Crippen molar-refractivity contribution in [3.8, 4) is 0 Å². The third kappa shape index (κ3) is 29.1. The molecule has 0 aromatic carbocycles. The van der Waals surface area contributed by atoms with Gasteiger partial charge < -0.3 is 9.47 Å². The highest BCUT2D eigenvalue weighted by Gasteiger charge is 2.04. The van der Waals surface area contributed by atoms with E-state index in [-0.39, 0.29) is 11.9 Å². The summed E-state index contributed by atoms with van der Waals surface area (Å²) in [6, 6.07) is 0. The van der Waals surface area contributed by atoms with Crippen LogP contribution in [0.1, 0.15) is 174 Å². The van der Waals surface area contributed by atoms with Crippen LogP contribution in [0, 0.1) is 0 Å². The lowest BCUT2D eigenvalue weighted by Gasteiger charge is -2.06. The Balaban J connectivity index is 3.21. The van der Waals surface area contributed by atoms with Crippen LogP contribution in [0.5, 0.6) is 0 Å². The molecular formula is C31H60O4. The van der Waals surface area contributed by atoms with E-state index in [0.29, 0.717) is 26.1 Å². The third-order valence-corrected chi connectivity index (χ3v) is 6.78. The summed E-state index contributed by atoms with van der Waals surface area (Å²) in [5.41, 5.74) is 0. The molecule has 0 fully saturated rings. The van der Waals surface area contributed by atoms with Gasteiger partial charge >= 0.3 is 11.9 Å². The first-order valence-corrected chi connectivity index (χ1v) is 15.5. The van der Waals surface area contributed by atoms with Crippen molar-refractivity contribution in [2.24, 2.45) is 0 Å². The van der Waals surface area contributed by atoms with Crippen molar-refractivity contribution < 1.29 is 19.1 Å². The first-order valence-electron chi connectivity index (χ1n) is 15.5. The second kappa shape index (κ2) is 29.2. The van der Waals surface area contributed by atoms with Gasteiger partial charge in [0.15, 0.2) is 0 Å². The highest BCUT2D eigenvalue weighted by atomic mass is 16.5. The fourth-order valence-electron chi connectivity index (χ4n) is 4.41. The van der Waals surface area contributed by atoms with E-state index >= 15 is 0 Å². The first kappa shape index (κ1) is 33.9. The fraction of sp³-hybridized carbons (Fsp3) is 0.935. The molecule has 0 unspecified atom stereocenters. The van der Waals surface area contributed by atoms with Gasteiger partial charge in [-0.15, -0.1) is 0 Å². The van der Waals surface area contributed by atoms with Gasteiger partial charge in [0.05, 0.1) is 13.2 Å². The number of hydrogen-bond donors (Lipinski definition) is 0. The Morgan fingerprint density at radius 1 is 0.371 bits per heavy atom. The quantitative estimate of drug-likeness (QED) is 0.0798. The molecule has 4 nitrogen and oxygen atoms in total. The van der Waals surface area contributed by atoms with E-state index < -0.39 is 0 Å². The van der Waals surface area contributed by atoms with Crippen LogP contribution in [0.4, 0.5) is 0 Å². The number of hydrogen-bond acceptors (Lipinski definition) is 4. The van der Waals surface area contributed by atoms with E-state index in [1.807, 2.05) is 0 Å². The van der Waals surface area contributed by atoms with Crippen LogP contribution in [0.15, 0.2) is 0 Å².